The first-order chi connectivity index (χ1) is 7.16. The SMILES string of the molecule is COCCCCCN1C(=O)NC(=O)C1=O. The lowest BCUT2D eigenvalue weighted by Crippen LogP contribution is -2.31. The van der Waals surface area contributed by atoms with Crippen molar-refractivity contribution in [3.8, 4) is 0 Å². The van der Waals surface area contributed by atoms with Crippen molar-refractivity contribution in [1.29, 1.82) is 0 Å². The van der Waals surface area contributed by atoms with E-state index in [-0.39, 0.29) is 0 Å². The second kappa shape index (κ2) is 5.45. The third-order valence-corrected chi connectivity index (χ3v) is 2.14. The zero-order valence-corrected chi connectivity index (χ0v) is 8.62. The van der Waals surface area contributed by atoms with Crippen LogP contribution in [0.1, 0.15) is 19.3 Å². The molecule has 0 spiro atoms. The van der Waals surface area contributed by atoms with Crippen LogP contribution in [0.2, 0.25) is 0 Å². The van der Waals surface area contributed by atoms with E-state index in [1.54, 1.807) is 7.11 Å². The highest BCUT2D eigenvalue weighted by atomic mass is 16.5. The molecule has 0 aliphatic carbocycles. The second-order valence-corrected chi connectivity index (χ2v) is 3.27. The third-order valence-electron chi connectivity index (χ3n) is 2.14. The van der Waals surface area contributed by atoms with Crippen LogP contribution in [-0.4, -0.2) is 43.0 Å². The fraction of sp³-hybridized carbons (Fsp3) is 0.667. The summed E-state index contributed by atoms with van der Waals surface area (Å²) in [5.41, 5.74) is 0. The smallest absolute Gasteiger partial charge is 0.331 e. The van der Waals surface area contributed by atoms with Gasteiger partial charge in [-0.1, -0.05) is 0 Å². The van der Waals surface area contributed by atoms with E-state index in [1.807, 2.05) is 5.32 Å². The summed E-state index contributed by atoms with van der Waals surface area (Å²) in [5, 5.41) is 1.94. The number of carbonyl (C=O) groups excluding carboxylic acids is 3. The molecular weight excluding hydrogens is 200 g/mol. The monoisotopic (exact) mass is 214 g/mol. The van der Waals surface area contributed by atoms with Crippen LogP contribution in [-0.2, 0) is 14.3 Å². The Hall–Kier alpha value is -1.43. The van der Waals surface area contributed by atoms with E-state index in [0.29, 0.717) is 19.6 Å². The molecule has 1 rings (SSSR count). The molecule has 0 aromatic heterocycles. The minimum atomic E-state index is -0.836. The molecular formula is C9H14N2O4. The van der Waals surface area contributed by atoms with Gasteiger partial charge in [0.05, 0.1) is 0 Å². The molecule has 0 bridgehead atoms. The Labute approximate surface area is 87.6 Å². The first-order valence-corrected chi connectivity index (χ1v) is 4.82. The highest BCUT2D eigenvalue weighted by molar-refractivity contribution is 6.44. The van der Waals surface area contributed by atoms with Crippen molar-refractivity contribution in [2.24, 2.45) is 0 Å². The molecule has 0 saturated carbocycles. The van der Waals surface area contributed by atoms with Crippen molar-refractivity contribution in [2.45, 2.75) is 19.3 Å². The van der Waals surface area contributed by atoms with E-state index >= 15 is 0 Å². The predicted molar refractivity (Wildman–Crippen MR) is 51.0 cm³/mol. The van der Waals surface area contributed by atoms with E-state index in [4.69, 9.17) is 4.74 Å². The number of rotatable bonds is 6. The lowest BCUT2D eigenvalue weighted by Gasteiger charge is -2.10. The molecule has 1 N–H and O–H groups in total. The lowest BCUT2D eigenvalue weighted by atomic mass is 10.2. The number of nitrogens with one attached hydrogen (secondary N) is 1. The fourth-order valence-electron chi connectivity index (χ4n) is 1.33. The van der Waals surface area contributed by atoms with Gasteiger partial charge < -0.3 is 4.74 Å². The predicted octanol–water partition coefficient (Wildman–Crippen LogP) is -0.118. The zero-order chi connectivity index (χ0) is 11.3. The average molecular weight is 214 g/mol. The standard InChI is InChI=1S/C9H14N2O4/c1-15-6-4-2-3-5-11-8(13)7(12)10-9(11)14/h2-6H2,1H3,(H,10,12,14). The molecule has 1 aliphatic heterocycles. The number of urea groups is 1. The number of carbonyl (C=O) groups is 3. The summed E-state index contributed by atoms with van der Waals surface area (Å²) in [4.78, 5) is 33.9. The molecule has 6 heteroatoms. The number of nitrogens with zero attached hydrogens (tertiary/aromatic N) is 1. The fourth-order valence-corrected chi connectivity index (χ4v) is 1.33. The summed E-state index contributed by atoms with van der Waals surface area (Å²) in [6.45, 7) is 0.958. The van der Waals surface area contributed by atoms with Crippen molar-refractivity contribution >= 4 is 17.8 Å². The molecule has 0 radical (unpaired) electrons. The Morgan fingerprint density at radius 1 is 1.20 bits per heavy atom. The van der Waals surface area contributed by atoms with Crippen LogP contribution in [0.4, 0.5) is 4.79 Å². The number of imide groups is 2. The van der Waals surface area contributed by atoms with Gasteiger partial charge in [-0.3, -0.25) is 19.8 Å². The van der Waals surface area contributed by atoms with Crippen LogP contribution in [0, 0.1) is 0 Å². The summed E-state index contributed by atoms with van der Waals surface area (Å²) >= 11 is 0. The van der Waals surface area contributed by atoms with Gasteiger partial charge in [-0.25, -0.2) is 4.79 Å². The molecule has 1 fully saturated rings. The molecule has 84 valence electrons. The Morgan fingerprint density at radius 2 is 1.93 bits per heavy atom. The third kappa shape index (κ3) is 3.02. The summed E-state index contributed by atoms with van der Waals surface area (Å²) in [6, 6.07) is -0.614. The number of amides is 4. The highest BCUT2D eigenvalue weighted by Crippen LogP contribution is 2.04. The Bertz CT molecular complexity index is 277. The van der Waals surface area contributed by atoms with Crippen LogP contribution in [0.15, 0.2) is 0 Å². The molecule has 6 nitrogen and oxygen atoms in total. The molecule has 0 aromatic carbocycles. The van der Waals surface area contributed by atoms with Crippen molar-refractivity contribution in [2.75, 3.05) is 20.3 Å². The summed E-state index contributed by atoms with van der Waals surface area (Å²) in [7, 11) is 1.62. The van der Waals surface area contributed by atoms with Crippen LogP contribution in [0.25, 0.3) is 0 Å². The Balaban J connectivity index is 2.24. The van der Waals surface area contributed by atoms with Gasteiger partial charge in [-0.15, -0.1) is 0 Å². The number of hydrogen-bond donors (Lipinski definition) is 1. The van der Waals surface area contributed by atoms with E-state index in [1.165, 1.54) is 0 Å². The molecule has 1 heterocycles. The van der Waals surface area contributed by atoms with E-state index in [9.17, 15) is 14.4 Å². The van der Waals surface area contributed by atoms with Crippen LogP contribution in [0.5, 0.6) is 0 Å². The van der Waals surface area contributed by atoms with Gasteiger partial charge in [0.2, 0.25) is 0 Å². The van der Waals surface area contributed by atoms with Gasteiger partial charge in [0.1, 0.15) is 0 Å². The highest BCUT2D eigenvalue weighted by Gasteiger charge is 2.35. The topological polar surface area (TPSA) is 75.7 Å². The van der Waals surface area contributed by atoms with Crippen molar-refractivity contribution in [3.05, 3.63) is 0 Å². The number of ether oxygens (including phenoxy) is 1. The number of unbranched alkanes of at least 4 members (excludes halogenated alkanes) is 2. The largest absolute Gasteiger partial charge is 0.385 e. The quantitative estimate of drug-likeness (QED) is 0.380. The van der Waals surface area contributed by atoms with Crippen LogP contribution in [0.3, 0.4) is 0 Å². The second-order valence-electron chi connectivity index (χ2n) is 3.27. The summed E-state index contributed by atoms with van der Waals surface area (Å²) in [5.74, 6) is -1.59. The molecule has 4 amide bonds. The molecule has 1 saturated heterocycles. The minimum absolute atomic E-state index is 0.292. The van der Waals surface area contributed by atoms with E-state index in [0.717, 1.165) is 17.7 Å². The van der Waals surface area contributed by atoms with E-state index < -0.39 is 17.8 Å². The molecule has 0 aromatic rings. The van der Waals surface area contributed by atoms with Crippen molar-refractivity contribution < 1.29 is 19.1 Å². The van der Waals surface area contributed by atoms with Gasteiger partial charge >= 0.3 is 17.8 Å². The molecule has 0 atom stereocenters. The van der Waals surface area contributed by atoms with Gasteiger partial charge in [-0.05, 0) is 19.3 Å². The van der Waals surface area contributed by atoms with Crippen LogP contribution >= 0.6 is 0 Å². The van der Waals surface area contributed by atoms with E-state index in [2.05, 4.69) is 0 Å². The number of hydrogen-bond acceptors (Lipinski definition) is 4. The lowest BCUT2D eigenvalue weighted by molar-refractivity contribution is -0.140. The Morgan fingerprint density at radius 3 is 2.47 bits per heavy atom. The maximum absolute atomic E-state index is 11.1. The van der Waals surface area contributed by atoms with Crippen molar-refractivity contribution in [1.82, 2.24) is 10.2 Å². The summed E-state index contributed by atoms with van der Waals surface area (Å²) in [6.07, 6.45) is 2.43. The normalized spacial score (nSPS) is 16.1. The maximum atomic E-state index is 11.1. The average Bonchev–Trinajstić information content (AvgIpc) is 2.44. The number of methoxy groups -OCH3 is 1. The maximum Gasteiger partial charge on any atom is 0.331 e. The van der Waals surface area contributed by atoms with Crippen LogP contribution < -0.4 is 5.32 Å². The van der Waals surface area contributed by atoms with Gasteiger partial charge in [0.25, 0.3) is 0 Å². The molecule has 0 unspecified atom stereocenters. The zero-order valence-electron chi connectivity index (χ0n) is 8.62. The van der Waals surface area contributed by atoms with Gasteiger partial charge in [-0.2, -0.15) is 0 Å². The first-order valence-electron chi connectivity index (χ1n) is 4.82. The Kier molecular flexibility index (Phi) is 4.23. The van der Waals surface area contributed by atoms with Gasteiger partial charge in [0.15, 0.2) is 0 Å². The van der Waals surface area contributed by atoms with Crippen molar-refractivity contribution in [3.63, 3.8) is 0 Å². The molecule has 15 heavy (non-hydrogen) atoms. The molecule has 1 aliphatic rings. The summed E-state index contributed by atoms with van der Waals surface area (Å²) < 4.78 is 4.86. The van der Waals surface area contributed by atoms with Gasteiger partial charge in [0, 0.05) is 20.3 Å². The minimum Gasteiger partial charge on any atom is -0.385 e. The first kappa shape index (κ1) is 11.6.